The fourth-order valence-corrected chi connectivity index (χ4v) is 1.18. The van der Waals surface area contributed by atoms with Crippen LogP contribution in [0.1, 0.15) is 13.3 Å². The van der Waals surface area contributed by atoms with Crippen molar-refractivity contribution >= 4 is 0 Å². The molecule has 0 saturated heterocycles. The van der Waals surface area contributed by atoms with Gasteiger partial charge in [0.1, 0.15) is 0 Å². The maximum atomic E-state index is 5.53. The van der Waals surface area contributed by atoms with E-state index in [4.69, 9.17) is 14.2 Å². The predicted molar refractivity (Wildman–Crippen MR) is 45.9 cm³/mol. The molecule has 0 aliphatic carbocycles. The van der Waals surface area contributed by atoms with E-state index in [1.54, 1.807) is 7.11 Å². The highest BCUT2D eigenvalue weighted by Crippen LogP contribution is 2.13. The molecule has 12 heavy (non-hydrogen) atoms. The first-order valence-corrected chi connectivity index (χ1v) is 4.29. The number of methoxy groups -OCH3 is 1. The van der Waals surface area contributed by atoms with E-state index in [0.717, 1.165) is 6.42 Å². The minimum atomic E-state index is -0.177. The van der Waals surface area contributed by atoms with E-state index in [1.807, 2.05) is 13.0 Å². The molecule has 0 aromatic carbocycles. The van der Waals surface area contributed by atoms with Crippen molar-refractivity contribution in [3.8, 4) is 0 Å². The van der Waals surface area contributed by atoms with Gasteiger partial charge >= 0.3 is 0 Å². The van der Waals surface area contributed by atoms with Crippen LogP contribution < -0.4 is 0 Å². The Bertz CT molecular complexity index is 145. The SMILES string of the molecule is CCO[C@@H]1C=CC[C@@H](COC)O1. The second kappa shape index (κ2) is 5.30. The molecule has 2 atom stereocenters. The molecular weight excluding hydrogens is 156 g/mol. The average Bonchev–Trinajstić information content (AvgIpc) is 2.06. The van der Waals surface area contributed by atoms with Gasteiger partial charge in [-0.3, -0.25) is 0 Å². The molecule has 1 rings (SSSR count). The minimum absolute atomic E-state index is 0.150. The zero-order chi connectivity index (χ0) is 8.81. The highest BCUT2D eigenvalue weighted by Gasteiger charge is 2.17. The monoisotopic (exact) mass is 172 g/mol. The largest absolute Gasteiger partial charge is 0.382 e. The summed E-state index contributed by atoms with van der Waals surface area (Å²) in [4.78, 5) is 0. The molecule has 3 nitrogen and oxygen atoms in total. The number of ether oxygens (including phenoxy) is 3. The van der Waals surface area contributed by atoms with Crippen LogP contribution in [0.3, 0.4) is 0 Å². The van der Waals surface area contributed by atoms with Gasteiger partial charge in [-0.25, -0.2) is 0 Å². The summed E-state index contributed by atoms with van der Waals surface area (Å²) in [6, 6.07) is 0. The molecule has 0 N–H and O–H groups in total. The minimum Gasteiger partial charge on any atom is -0.382 e. The molecule has 0 aromatic rings. The highest BCUT2D eigenvalue weighted by atomic mass is 16.7. The Morgan fingerprint density at radius 3 is 3.08 bits per heavy atom. The van der Waals surface area contributed by atoms with Crippen molar-refractivity contribution in [1.29, 1.82) is 0 Å². The van der Waals surface area contributed by atoms with Crippen molar-refractivity contribution in [1.82, 2.24) is 0 Å². The molecule has 0 amide bonds. The van der Waals surface area contributed by atoms with Gasteiger partial charge in [-0.2, -0.15) is 0 Å². The Hall–Kier alpha value is -0.380. The van der Waals surface area contributed by atoms with E-state index >= 15 is 0 Å². The van der Waals surface area contributed by atoms with Gasteiger partial charge in [-0.15, -0.1) is 0 Å². The molecule has 0 radical (unpaired) electrons. The van der Waals surface area contributed by atoms with Gasteiger partial charge in [0, 0.05) is 13.7 Å². The summed E-state index contributed by atoms with van der Waals surface area (Å²) in [5.74, 6) is 0. The molecule has 0 bridgehead atoms. The first kappa shape index (κ1) is 9.71. The Balaban J connectivity index is 2.29. The van der Waals surface area contributed by atoms with Crippen LogP contribution in [-0.4, -0.2) is 32.7 Å². The van der Waals surface area contributed by atoms with Crippen LogP contribution in [-0.2, 0) is 14.2 Å². The van der Waals surface area contributed by atoms with Crippen LogP contribution in [0.15, 0.2) is 12.2 Å². The van der Waals surface area contributed by atoms with Crippen LogP contribution in [0.5, 0.6) is 0 Å². The number of hydrogen-bond donors (Lipinski definition) is 0. The standard InChI is InChI=1S/C9H16O3/c1-3-11-9-6-4-5-8(12-9)7-10-2/h4,6,8-9H,3,5,7H2,1-2H3/t8-,9-/m0/s1. The lowest BCUT2D eigenvalue weighted by Gasteiger charge is -2.24. The summed E-state index contributed by atoms with van der Waals surface area (Å²) in [6.07, 6.45) is 4.90. The summed E-state index contributed by atoms with van der Waals surface area (Å²) in [6.45, 7) is 3.26. The van der Waals surface area contributed by atoms with Gasteiger partial charge in [0.25, 0.3) is 0 Å². The fraction of sp³-hybridized carbons (Fsp3) is 0.778. The van der Waals surface area contributed by atoms with Crippen LogP contribution in [0.4, 0.5) is 0 Å². The van der Waals surface area contributed by atoms with E-state index in [0.29, 0.717) is 13.2 Å². The average molecular weight is 172 g/mol. The number of rotatable bonds is 4. The summed E-state index contributed by atoms with van der Waals surface area (Å²) < 4.78 is 15.8. The number of hydrogen-bond acceptors (Lipinski definition) is 3. The summed E-state index contributed by atoms with van der Waals surface area (Å²) >= 11 is 0. The molecule has 1 heterocycles. The van der Waals surface area contributed by atoms with Gasteiger partial charge in [0.2, 0.25) is 0 Å². The van der Waals surface area contributed by atoms with Crippen molar-refractivity contribution in [2.75, 3.05) is 20.3 Å². The molecule has 0 spiro atoms. The van der Waals surface area contributed by atoms with Crippen LogP contribution in [0.25, 0.3) is 0 Å². The Morgan fingerprint density at radius 1 is 1.58 bits per heavy atom. The Morgan fingerprint density at radius 2 is 2.42 bits per heavy atom. The first-order valence-electron chi connectivity index (χ1n) is 4.29. The third kappa shape index (κ3) is 2.93. The van der Waals surface area contributed by atoms with Crippen LogP contribution in [0, 0.1) is 0 Å². The van der Waals surface area contributed by atoms with Gasteiger partial charge in [0.15, 0.2) is 6.29 Å². The van der Waals surface area contributed by atoms with Gasteiger partial charge in [0.05, 0.1) is 12.7 Å². The molecule has 3 heteroatoms. The molecule has 1 aliphatic heterocycles. The van der Waals surface area contributed by atoms with Crippen molar-refractivity contribution in [3.05, 3.63) is 12.2 Å². The molecular formula is C9H16O3. The summed E-state index contributed by atoms with van der Waals surface area (Å²) in [5.41, 5.74) is 0. The normalized spacial score (nSPS) is 29.2. The lowest BCUT2D eigenvalue weighted by Crippen LogP contribution is -2.29. The van der Waals surface area contributed by atoms with Gasteiger partial charge in [-0.1, -0.05) is 6.08 Å². The topological polar surface area (TPSA) is 27.7 Å². The van der Waals surface area contributed by atoms with Crippen molar-refractivity contribution in [2.45, 2.75) is 25.7 Å². The smallest absolute Gasteiger partial charge is 0.177 e. The predicted octanol–water partition coefficient (Wildman–Crippen LogP) is 1.34. The summed E-state index contributed by atoms with van der Waals surface area (Å²) in [5, 5.41) is 0. The third-order valence-corrected chi connectivity index (χ3v) is 1.70. The third-order valence-electron chi connectivity index (χ3n) is 1.70. The first-order chi connectivity index (χ1) is 5.86. The highest BCUT2D eigenvalue weighted by molar-refractivity contribution is 4.92. The zero-order valence-corrected chi connectivity index (χ0v) is 7.66. The van der Waals surface area contributed by atoms with Crippen LogP contribution in [0.2, 0.25) is 0 Å². The summed E-state index contributed by atoms with van der Waals surface area (Å²) in [7, 11) is 1.68. The second-order valence-corrected chi connectivity index (χ2v) is 2.70. The maximum Gasteiger partial charge on any atom is 0.177 e. The molecule has 0 aromatic heterocycles. The van der Waals surface area contributed by atoms with E-state index in [2.05, 4.69) is 6.08 Å². The van der Waals surface area contributed by atoms with E-state index in [-0.39, 0.29) is 12.4 Å². The molecule has 70 valence electrons. The zero-order valence-electron chi connectivity index (χ0n) is 7.66. The van der Waals surface area contributed by atoms with E-state index in [9.17, 15) is 0 Å². The lowest BCUT2D eigenvalue weighted by molar-refractivity contribution is -0.156. The second-order valence-electron chi connectivity index (χ2n) is 2.70. The van der Waals surface area contributed by atoms with Gasteiger partial charge < -0.3 is 14.2 Å². The molecule has 1 aliphatic rings. The molecule has 0 unspecified atom stereocenters. The van der Waals surface area contributed by atoms with Crippen molar-refractivity contribution < 1.29 is 14.2 Å². The Kier molecular flexibility index (Phi) is 4.29. The van der Waals surface area contributed by atoms with E-state index < -0.39 is 0 Å². The van der Waals surface area contributed by atoms with E-state index in [1.165, 1.54) is 0 Å². The lowest BCUT2D eigenvalue weighted by atomic mass is 10.2. The molecule has 0 fully saturated rings. The van der Waals surface area contributed by atoms with Gasteiger partial charge in [-0.05, 0) is 19.4 Å². The Labute approximate surface area is 73.3 Å². The fourth-order valence-electron chi connectivity index (χ4n) is 1.18. The van der Waals surface area contributed by atoms with Crippen LogP contribution >= 0.6 is 0 Å². The quantitative estimate of drug-likeness (QED) is 0.599. The van der Waals surface area contributed by atoms with Crippen molar-refractivity contribution in [3.63, 3.8) is 0 Å². The maximum absolute atomic E-state index is 5.53. The molecule has 0 saturated carbocycles. The van der Waals surface area contributed by atoms with Crippen molar-refractivity contribution in [2.24, 2.45) is 0 Å².